The van der Waals surface area contributed by atoms with Crippen LogP contribution in [0.15, 0.2) is 30.3 Å². The van der Waals surface area contributed by atoms with E-state index in [1.54, 1.807) is 0 Å². The van der Waals surface area contributed by atoms with Crippen molar-refractivity contribution in [3.05, 3.63) is 35.9 Å². The summed E-state index contributed by atoms with van der Waals surface area (Å²) in [7, 11) is 0. The van der Waals surface area contributed by atoms with Gasteiger partial charge in [-0.05, 0) is 6.92 Å². The Labute approximate surface area is 83.3 Å². The topological polar surface area (TPSA) is 38.7 Å². The van der Waals surface area contributed by atoms with Crippen molar-refractivity contribution in [1.82, 2.24) is 0 Å². The summed E-state index contributed by atoms with van der Waals surface area (Å²) in [5, 5.41) is 9.39. The van der Waals surface area contributed by atoms with E-state index in [4.69, 9.17) is 9.47 Å². The van der Waals surface area contributed by atoms with Gasteiger partial charge >= 0.3 is 0 Å². The first-order valence-electron chi connectivity index (χ1n) is 4.77. The molecule has 0 radical (unpaired) electrons. The van der Waals surface area contributed by atoms with Crippen LogP contribution < -0.4 is 0 Å². The smallest absolute Gasteiger partial charge is 0.184 e. The molecule has 0 spiro atoms. The van der Waals surface area contributed by atoms with Crippen LogP contribution >= 0.6 is 0 Å². The number of hydrogen-bond acceptors (Lipinski definition) is 3. The Kier molecular flexibility index (Phi) is 2.82. The van der Waals surface area contributed by atoms with Crippen molar-refractivity contribution in [1.29, 1.82) is 0 Å². The van der Waals surface area contributed by atoms with Crippen LogP contribution in [-0.2, 0) is 9.47 Å². The van der Waals surface area contributed by atoms with Gasteiger partial charge in [0.1, 0.15) is 6.10 Å². The van der Waals surface area contributed by atoms with Crippen molar-refractivity contribution < 1.29 is 14.6 Å². The number of benzene rings is 1. The summed E-state index contributed by atoms with van der Waals surface area (Å²) in [5.74, 6) is 0. The third-order valence-electron chi connectivity index (χ3n) is 2.37. The van der Waals surface area contributed by atoms with Crippen LogP contribution in [0.3, 0.4) is 0 Å². The van der Waals surface area contributed by atoms with Crippen molar-refractivity contribution in [2.75, 3.05) is 6.61 Å². The zero-order valence-electron chi connectivity index (χ0n) is 8.09. The molecule has 0 amide bonds. The highest BCUT2D eigenvalue weighted by atomic mass is 16.7. The minimum atomic E-state index is -0.519. The molecule has 1 aliphatic heterocycles. The molecule has 1 aromatic rings. The molecule has 76 valence electrons. The Hall–Kier alpha value is -0.900. The Morgan fingerprint density at radius 3 is 2.64 bits per heavy atom. The van der Waals surface area contributed by atoms with Gasteiger partial charge in [-0.15, -0.1) is 0 Å². The summed E-state index contributed by atoms with van der Waals surface area (Å²) >= 11 is 0. The third-order valence-corrected chi connectivity index (χ3v) is 2.37. The van der Waals surface area contributed by atoms with E-state index in [1.807, 2.05) is 37.3 Å². The first-order chi connectivity index (χ1) is 6.77. The molecule has 0 aliphatic carbocycles. The van der Waals surface area contributed by atoms with Crippen LogP contribution in [-0.4, -0.2) is 23.9 Å². The number of aliphatic hydroxyl groups excluding tert-OH is 1. The van der Waals surface area contributed by atoms with Gasteiger partial charge in [0.15, 0.2) is 6.29 Å². The largest absolute Gasteiger partial charge is 0.388 e. The Bertz CT molecular complexity index is 286. The maximum Gasteiger partial charge on any atom is 0.184 e. The zero-order valence-corrected chi connectivity index (χ0v) is 8.09. The van der Waals surface area contributed by atoms with Crippen LogP contribution in [0.1, 0.15) is 18.8 Å². The summed E-state index contributed by atoms with van der Waals surface area (Å²) in [6, 6.07) is 9.74. The van der Waals surface area contributed by atoms with Crippen LogP contribution in [0.25, 0.3) is 0 Å². The first kappa shape index (κ1) is 9.65. The first-order valence-corrected chi connectivity index (χ1v) is 4.77. The Balaban J connectivity index is 2.07. The summed E-state index contributed by atoms with van der Waals surface area (Å²) in [5.41, 5.74) is 0.992. The summed E-state index contributed by atoms with van der Waals surface area (Å²) in [6.45, 7) is 2.18. The molecule has 0 aromatic heterocycles. The van der Waals surface area contributed by atoms with Gasteiger partial charge in [0.25, 0.3) is 0 Å². The highest BCUT2D eigenvalue weighted by Gasteiger charge is 2.27. The maximum absolute atomic E-state index is 9.39. The third kappa shape index (κ3) is 1.95. The highest BCUT2D eigenvalue weighted by Crippen LogP contribution is 2.25. The van der Waals surface area contributed by atoms with Crippen molar-refractivity contribution in [3.8, 4) is 0 Å². The predicted molar refractivity (Wildman–Crippen MR) is 51.7 cm³/mol. The number of aliphatic hydroxyl groups is 1. The van der Waals surface area contributed by atoms with Gasteiger partial charge in [0.2, 0.25) is 0 Å². The van der Waals surface area contributed by atoms with E-state index in [9.17, 15) is 5.11 Å². The lowest BCUT2D eigenvalue weighted by atomic mass is 10.1. The fraction of sp³-hybridized carbons (Fsp3) is 0.455. The second-order valence-corrected chi connectivity index (χ2v) is 3.48. The summed E-state index contributed by atoms with van der Waals surface area (Å²) < 4.78 is 10.9. The van der Waals surface area contributed by atoms with E-state index in [2.05, 4.69) is 0 Å². The van der Waals surface area contributed by atoms with Crippen LogP contribution in [0.5, 0.6) is 0 Å². The van der Waals surface area contributed by atoms with Crippen molar-refractivity contribution in [2.24, 2.45) is 0 Å². The van der Waals surface area contributed by atoms with E-state index in [-0.39, 0.29) is 12.4 Å². The van der Waals surface area contributed by atoms with Crippen molar-refractivity contribution in [2.45, 2.75) is 25.4 Å². The molecule has 1 N–H and O–H groups in total. The van der Waals surface area contributed by atoms with Crippen molar-refractivity contribution >= 4 is 0 Å². The average Bonchev–Trinajstić information content (AvgIpc) is 2.23. The van der Waals surface area contributed by atoms with E-state index >= 15 is 0 Å². The highest BCUT2D eigenvalue weighted by molar-refractivity contribution is 5.16. The minimum Gasteiger partial charge on any atom is -0.388 e. The van der Waals surface area contributed by atoms with Gasteiger partial charge in [0, 0.05) is 5.56 Å². The second-order valence-electron chi connectivity index (χ2n) is 3.48. The summed E-state index contributed by atoms with van der Waals surface area (Å²) in [6.07, 6.45) is -1.03. The van der Waals surface area contributed by atoms with Crippen LogP contribution in [0.4, 0.5) is 0 Å². The maximum atomic E-state index is 9.39. The van der Waals surface area contributed by atoms with Crippen LogP contribution in [0, 0.1) is 0 Å². The van der Waals surface area contributed by atoms with E-state index in [0.717, 1.165) is 5.56 Å². The van der Waals surface area contributed by atoms with Gasteiger partial charge in [-0.1, -0.05) is 30.3 Å². The normalized spacial score (nSPS) is 32.9. The lowest BCUT2D eigenvalue weighted by Crippen LogP contribution is -2.38. The van der Waals surface area contributed by atoms with E-state index in [0.29, 0.717) is 6.61 Å². The molecule has 1 saturated heterocycles. The van der Waals surface area contributed by atoms with Gasteiger partial charge in [-0.25, -0.2) is 0 Å². The number of ether oxygens (including phenoxy) is 2. The molecule has 1 heterocycles. The number of rotatable bonds is 1. The zero-order chi connectivity index (χ0) is 9.97. The van der Waals surface area contributed by atoms with Gasteiger partial charge in [-0.2, -0.15) is 0 Å². The quantitative estimate of drug-likeness (QED) is 0.736. The molecule has 2 rings (SSSR count). The lowest BCUT2D eigenvalue weighted by Gasteiger charge is -2.32. The molecule has 0 bridgehead atoms. The van der Waals surface area contributed by atoms with E-state index < -0.39 is 6.10 Å². The Morgan fingerprint density at radius 1 is 1.29 bits per heavy atom. The van der Waals surface area contributed by atoms with Crippen molar-refractivity contribution in [3.63, 3.8) is 0 Å². The van der Waals surface area contributed by atoms with Gasteiger partial charge < -0.3 is 14.6 Å². The number of hydrogen-bond donors (Lipinski definition) is 1. The molecule has 3 atom stereocenters. The van der Waals surface area contributed by atoms with Gasteiger partial charge in [-0.3, -0.25) is 0 Å². The molecular weight excluding hydrogens is 180 g/mol. The molecule has 1 fully saturated rings. The SMILES string of the molecule is CC1OC(c2ccccc2)OCC1O. The summed E-state index contributed by atoms with van der Waals surface area (Å²) in [4.78, 5) is 0. The van der Waals surface area contributed by atoms with E-state index in [1.165, 1.54) is 0 Å². The average molecular weight is 194 g/mol. The van der Waals surface area contributed by atoms with Gasteiger partial charge in [0.05, 0.1) is 12.7 Å². The monoisotopic (exact) mass is 194 g/mol. The molecule has 1 aliphatic rings. The molecular formula is C11H14O3. The molecule has 1 aromatic carbocycles. The predicted octanol–water partition coefficient (Wildman–Crippen LogP) is 1.48. The fourth-order valence-electron chi connectivity index (χ4n) is 1.43. The van der Waals surface area contributed by atoms with Crippen LogP contribution in [0.2, 0.25) is 0 Å². The molecule has 3 heteroatoms. The molecule has 3 nitrogen and oxygen atoms in total. The molecule has 14 heavy (non-hydrogen) atoms. The fourth-order valence-corrected chi connectivity index (χ4v) is 1.43. The second kappa shape index (κ2) is 4.09. The minimum absolute atomic E-state index is 0.172. The Morgan fingerprint density at radius 2 is 2.00 bits per heavy atom. The molecule has 3 unspecified atom stereocenters. The molecule has 0 saturated carbocycles. The lowest BCUT2D eigenvalue weighted by molar-refractivity contribution is -0.251. The standard InChI is InChI=1S/C11H14O3/c1-8-10(12)7-13-11(14-8)9-5-3-2-4-6-9/h2-6,8,10-12H,7H2,1H3.